The van der Waals surface area contributed by atoms with Crippen molar-refractivity contribution in [1.82, 2.24) is 0 Å². The first-order valence-electron chi connectivity index (χ1n) is 8.58. The van der Waals surface area contributed by atoms with Crippen LogP contribution in [0.4, 0.5) is 0 Å². The normalized spacial score (nSPS) is 20.5. The molecule has 0 N–H and O–H groups in total. The molecule has 0 radical (unpaired) electrons. The van der Waals surface area contributed by atoms with Crippen molar-refractivity contribution >= 4 is 62.2 Å². The molecular formula is C21H16Cl2O2S2. The maximum Gasteiger partial charge on any atom is 0.191 e. The van der Waals surface area contributed by atoms with Crippen LogP contribution in [0, 0.1) is 5.92 Å². The molecule has 0 saturated heterocycles. The fraction of sp³-hybridized carbons (Fsp3) is 0.238. The number of hydrogen-bond acceptors (Lipinski definition) is 4. The van der Waals surface area contributed by atoms with Crippen LogP contribution in [0.15, 0.2) is 51.5 Å². The molecule has 0 saturated carbocycles. The Morgan fingerprint density at radius 1 is 1.04 bits per heavy atom. The van der Waals surface area contributed by atoms with Crippen molar-refractivity contribution in [2.24, 2.45) is 5.92 Å². The number of Topliss-reactive ketones (excluding diaryl/α,β-unsaturated/α-hetero) is 1. The number of hydrogen-bond donors (Lipinski definition) is 0. The van der Waals surface area contributed by atoms with Crippen LogP contribution in [0.5, 0.6) is 0 Å². The van der Waals surface area contributed by atoms with Gasteiger partial charge in [0.15, 0.2) is 11.2 Å². The maximum absolute atomic E-state index is 13.2. The standard InChI is InChI=1S/C21H16Cl2O2S2/c1-10(16-9-26-17-5-3-12(22)7-14(17)20(16)24)19-11(2)27-18-6-4-13(23)8-15(18)21(19)25/h3-11,19H,1-2H3/t10?,11-,19-/m1/s1. The first kappa shape index (κ1) is 19.0. The first-order valence-corrected chi connectivity index (χ1v) is 11.1. The van der Waals surface area contributed by atoms with E-state index in [2.05, 4.69) is 0 Å². The van der Waals surface area contributed by atoms with Crippen molar-refractivity contribution in [3.8, 4) is 0 Å². The summed E-state index contributed by atoms with van der Waals surface area (Å²) in [5.74, 6) is -0.418. The number of halogens is 2. The number of carbonyl (C=O) groups excluding carboxylic acids is 1. The lowest BCUT2D eigenvalue weighted by atomic mass is 9.80. The molecule has 1 aliphatic rings. The molecule has 1 unspecified atom stereocenters. The molecule has 0 bridgehead atoms. The molecule has 1 aliphatic heterocycles. The molecule has 4 rings (SSSR count). The highest BCUT2D eigenvalue weighted by Gasteiger charge is 2.38. The van der Waals surface area contributed by atoms with Gasteiger partial charge in [-0.25, -0.2) is 0 Å². The number of rotatable bonds is 2. The van der Waals surface area contributed by atoms with Crippen molar-refractivity contribution in [1.29, 1.82) is 0 Å². The van der Waals surface area contributed by atoms with Gasteiger partial charge in [-0.15, -0.1) is 23.1 Å². The number of thioether (sulfide) groups is 1. The highest BCUT2D eigenvalue weighted by molar-refractivity contribution is 8.00. The minimum Gasteiger partial charge on any atom is -0.294 e. The molecule has 0 aliphatic carbocycles. The number of carbonyl (C=O) groups is 1. The molecule has 6 heteroatoms. The zero-order valence-electron chi connectivity index (χ0n) is 14.7. The predicted octanol–water partition coefficient (Wildman–Crippen LogP) is 6.67. The SMILES string of the molecule is CC(c1csc2ccc(Cl)cc2c1=O)[C@H]1C(=O)c2cc(Cl)ccc2S[C@@H]1C. The monoisotopic (exact) mass is 434 g/mol. The van der Waals surface area contributed by atoms with Crippen LogP contribution in [-0.2, 0) is 0 Å². The van der Waals surface area contributed by atoms with Crippen LogP contribution in [0.3, 0.4) is 0 Å². The number of ketones is 1. The van der Waals surface area contributed by atoms with Crippen molar-refractivity contribution in [3.05, 3.63) is 73.2 Å². The van der Waals surface area contributed by atoms with Gasteiger partial charge in [-0.3, -0.25) is 9.59 Å². The second-order valence-corrected chi connectivity index (χ2v) is 10.0. The summed E-state index contributed by atoms with van der Waals surface area (Å²) in [6, 6.07) is 10.8. The minimum atomic E-state index is -0.280. The molecule has 3 aromatic rings. The van der Waals surface area contributed by atoms with E-state index in [9.17, 15) is 9.59 Å². The van der Waals surface area contributed by atoms with Gasteiger partial charge >= 0.3 is 0 Å². The topological polar surface area (TPSA) is 34.1 Å². The van der Waals surface area contributed by atoms with Gasteiger partial charge in [0.05, 0.1) is 0 Å². The summed E-state index contributed by atoms with van der Waals surface area (Å²) in [5.41, 5.74) is 1.29. The third kappa shape index (κ3) is 3.33. The Morgan fingerprint density at radius 2 is 1.74 bits per heavy atom. The predicted molar refractivity (Wildman–Crippen MR) is 116 cm³/mol. The summed E-state index contributed by atoms with van der Waals surface area (Å²) in [6.07, 6.45) is 0. The van der Waals surface area contributed by atoms with Crippen molar-refractivity contribution < 1.29 is 4.79 Å². The van der Waals surface area contributed by atoms with Gasteiger partial charge in [0.1, 0.15) is 0 Å². The summed E-state index contributed by atoms with van der Waals surface area (Å²) < 4.78 is 0.898. The molecule has 27 heavy (non-hydrogen) atoms. The van der Waals surface area contributed by atoms with Gasteiger partial charge in [0.2, 0.25) is 0 Å². The van der Waals surface area contributed by atoms with Crippen LogP contribution < -0.4 is 5.43 Å². The van der Waals surface area contributed by atoms with E-state index in [-0.39, 0.29) is 28.3 Å². The molecule has 2 nitrogen and oxygen atoms in total. The van der Waals surface area contributed by atoms with Gasteiger partial charge in [-0.1, -0.05) is 37.0 Å². The average Bonchev–Trinajstić information content (AvgIpc) is 2.63. The second kappa shape index (κ2) is 7.25. The minimum absolute atomic E-state index is 0.0411. The fourth-order valence-electron chi connectivity index (χ4n) is 3.72. The molecule has 2 heterocycles. The Labute approximate surface area is 175 Å². The molecule has 3 atom stereocenters. The molecule has 0 amide bonds. The van der Waals surface area contributed by atoms with Crippen LogP contribution >= 0.6 is 46.3 Å². The molecule has 138 valence electrons. The lowest BCUT2D eigenvalue weighted by Crippen LogP contribution is -2.34. The lowest BCUT2D eigenvalue weighted by molar-refractivity contribution is 0.0897. The zero-order valence-corrected chi connectivity index (χ0v) is 17.8. The molecule has 2 aromatic carbocycles. The Kier molecular flexibility index (Phi) is 5.10. The van der Waals surface area contributed by atoms with Crippen LogP contribution in [0.25, 0.3) is 10.1 Å². The summed E-state index contributed by atoms with van der Waals surface area (Å²) in [6.45, 7) is 4.02. The first-order chi connectivity index (χ1) is 12.9. The van der Waals surface area contributed by atoms with Crippen molar-refractivity contribution in [3.63, 3.8) is 0 Å². The Hall–Kier alpha value is -1.33. The maximum atomic E-state index is 13.2. The summed E-state index contributed by atoms with van der Waals surface area (Å²) in [5, 5.41) is 3.67. The number of fused-ring (bicyclic) bond motifs is 2. The van der Waals surface area contributed by atoms with Gasteiger partial charge < -0.3 is 0 Å². The highest BCUT2D eigenvalue weighted by atomic mass is 35.5. The summed E-state index contributed by atoms with van der Waals surface area (Å²) >= 11 is 15.4. The van der Waals surface area contributed by atoms with Gasteiger partial charge in [0, 0.05) is 47.3 Å². The van der Waals surface area contributed by atoms with E-state index in [1.54, 1.807) is 30.0 Å². The van der Waals surface area contributed by atoms with Crippen LogP contribution in [0.1, 0.15) is 35.7 Å². The van der Waals surface area contributed by atoms with Crippen LogP contribution in [0.2, 0.25) is 10.0 Å². The lowest BCUT2D eigenvalue weighted by Gasteiger charge is -2.33. The van der Waals surface area contributed by atoms with Gasteiger partial charge in [-0.05, 0) is 47.7 Å². The van der Waals surface area contributed by atoms with E-state index in [4.69, 9.17) is 23.2 Å². The number of benzene rings is 2. The smallest absolute Gasteiger partial charge is 0.191 e. The Morgan fingerprint density at radius 3 is 2.52 bits per heavy atom. The zero-order chi connectivity index (χ0) is 19.3. The second-order valence-electron chi connectivity index (χ2n) is 6.80. The molecule has 1 aromatic heterocycles. The van der Waals surface area contributed by atoms with E-state index in [0.717, 1.165) is 9.60 Å². The van der Waals surface area contributed by atoms with E-state index in [1.807, 2.05) is 37.4 Å². The van der Waals surface area contributed by atoms with E-state index in [1.165, 1.54) is 11.3 Å². The van der Waals surface area contributed by atoms with Crippen molar-refractivity contribution in [2.75, 3.05) is 0 Å². The molecule has 0 spiro atoms. The van der Waals surface area contributed by atoms with E-state index < -0.39 is 0 Å². The summed E-state index contributed by atoms with van der Waals surface area (Å²) in [7, 11) is 0. The van der Waals surface area contributed by atoms with E-state index >= 15 is 0 Å². The largest absolute Gasteiger partial charge is 0.294 e. The average molecular weight is 435 g/mol. The van der Waals surface area contributed by atoms with Gasteiger partial charge in [0.25, 0.3) is 0 Å². The van der Waals surface area contributed by atoms with Crippen molar-refractivity contribution in [2.45, 2.75) is 29.9 Å². The molecular weight excluding hydrogens is 419 g/mol. The quantitative estimate of drug-likeness (QED) is 0.451. The van der Waals surface area contributed by atoms with Crippen LogP contribution in [-0.4, -0.2) is 11.0 Å². The Balaban J connectivity index is 1.80. The van der Waals surface area contributed by atoms with E-state index in [0.29, 0.717) is 26.6 Å². The Bertz CT molecular complexity index is 1120. The molecule has 0 fully saturated rings. The van der Waals surface area contributed by atoms with Gasteiger partial charge in [-0.2, -0.15) is 0 Å². The summed E-state index contributed by atoms with van der Waals surface area (Å²) in [4.78, 5) is 27.3. The highest BCUT2D eigenvalue weighted by Crippen LogP contribution is 2.44. The fourth-order valence-corrected chi connectivity index (χ4v) is 6.41. The third-order valence-electron chi connectivity index (χ3n) is 5.12. The third-order valence-corrected chi connectivity index (χ3v) is 7.85.